The lowest BCUT2D eigenvalue weighted by atomic mass is 10.2. The number of carbonyl (C=O) groups excluding carboxylic acids is 1. The van der Waals surface area contributed by atoms with Crippen molar-refractivity contribution in [2.75, 3.05) is 7.11 Å². The second kappa shape index (κ2) is 5.95. The van der Waals surface area contributed by atoms with Crippen molar-refractivity contribution in [1.29, 1.82) is 0 Å². The van der Waals surface area contributed by atoms with Crippen LogP contribution in [0.1, 0.15) is 15.9 Å². The number of nitrogens with one attached hydrogen (secondary N) is 1. The van der Waals surface area contributed by atoms with E-state index in [4.69, 9.17) is 4.74 Å². The number of amides is 1. The molecule has 0 unspecified atom stereocenters. The van der Waals surface area contributed by atoms with E-state index in [1.165, 1.54) is 37.7 Å². The van der Waals surface area contributed by atoms with Gasteiger partial charge in [-0.15, -0.1) is 0 Å². The zero-order valence-corrected chi connectivity index (χ0v) is 10.4. The average molecular weight is 260 g/mol. The summed E-state index contributed by atoms with van der Waals surface area (Å²) in [5.74, 6) is -0.0703. The highest BCUT2D eigenvalue weighted by Gasteiger charge is 2.08. The van der Waals surface area contributed by atoms with Crippen LogP contribution in [0.4, 0.5) is 4.39 Å². The summed E-state index contributed by atoms with van der Waals surface area (Å²) in [5, 5.41) is 2.70. The lowest BCUT2D eigenvalue weighted by Gasteiger charge is -2.09. The molecule has 0 bridgehead atoms. The van der Waals surface area contributed by atoms with Crippen molar-refractivity contribution in [3.63, 3.8) is 0 Å². The summed E-state index contributed by atoms with van der Waals surface area (Å²) in [6, 6.07) is 7.40. The van der Waals surface area contributed by atoms with Crippen LogP contribution in [0, 0.1) is 5.82 Å². The van der Waals surface area contributed by atoms with Crippen LogP contribution in [-0.4, -0.2) is 18.0 Å². The van der Waals surface area contributed by atoms with Gasteiger partial charge in [0.2, 0.25) is 0 Å². The monoisotopic (exact) mass is 260 g/mol. The average Bonchev–Trinajstić information content (AvgIpc) is 2.46. The summed E-state index contributed by atoms with van der Waals surface area (Å²) in [6.07, 6.45) is 3.08. The maximum Gasteiger partial charge on any atom is 0.251 e. The third-order valence-corrected chi connectivity index (χ3v) is 2.62. The molecule has 1 N–H and O–H groups in total. The number of ether oxygens (including phenoxy) is 1. The van der Waals surface area contributed by atoms with E-state index in [1.807, 2.05) is 0 Å². The molecule has 0 fully saturated rings. The number of rotatable bonds is 4. The Hall–Kier alpha value is -2.43. The maximum absolute atomic E-state index is 13.2. The zero-order valence-electron chi connectivity index (χ0n) is 10.4. The Morgan fingerprint density at radius 2 is 2.05 bits per heavy atom. The molecule has 19 heavy (non-hydrogen) atoms. The smallest absolute Gasteiger partial charge is 0.251 e. The van der Waals surface area contributed by atoms with E-state index in [9.17, 15) is 9.18 Å². The van der Waals surface area contributed by atoms with Crippen LogP contribution in [0.15, 0.2) is 42.7 Å². The summed E-state index contributed by atoms with van der Waals surface area (Å²) in [4.78, 5) is 15.7. The minimum atomic E-state index is -0.367. The minimum Gasteiger partial charge on any atom is -0.496 e. The highest BCUT2D eigenvalue weighted by molar-refractivity contribution is 5.93. The van der Waals surface area contributed by atoms with Gasteiger partial charge in [-0.25, -0.2) is 4.39 Å². The Balaban J connectivity index is 2.07. The quantitative estimate of drug-likeness (QED) is 0.916. The highest BCUT2D eigenvalue weighted by Crippen LogP contribution is 2.19. The summed E-state index contributed by atoms with van der Waals surface area (Å²) in [7, 11) is 1.50. The number of halogens is 1. The molecular weight excluding hydrogens is 247 g/mol. The molecule has 1 heterocycles. The molecule has 98 valence electrons. The molecule has 0 aliphatic carbocycles. The fraction of sp³-hybridized carbons (Fsp3) is 0.143. The van der Waals surface area contributed by atoms with E-state index < -0.39 is 0 Å². The van der Waals surface area contributed by atoms with E-state index in [1.54, 1.807) is 12.1 Å². The van der Waals surface area contributed by atoms with E-state index in [2.05, 4.69) is 10.3 Å². The van der Waals surface area contributed by atoms with Gasteiger partial charge in [-0.1, -0.05) is 0 Å². The van der Waals surface area contributed by atoms with Crippen LogP contribution in [0.25, 0.3) is 0 Å². The minimum absolute atomic E-state index is 0.197. The van der Waals surface area contributed by atoms with E-state index in [-0.39, 0.29) is 18.3 Å². The topological polar surface area (TPSA) is 51.2 Å². The molecule has 4 nitrogen and oxygen atoms in total. The third kappa shape index (κ3) is 3.28. The molecule has 1 aromatic heterocycles. The summed E-state index contributed by atoms with van der Waals surface area (Å²) in [5.41, 5.74) is 1.09. The van der Waals surface area contributed by atoms with Crippen molar-refractivity contribution >= 4 is 5.91 Å². The van der Waals surface area contributed by atoms with Gasteiger partial charge in [0.25, 0.3) is 5.91 Å². The summed E-state index contributed by atoms with van der Waals surface area (Å²) < 4.78 is 18.3. The lowest BCUT2D eigenvalue weighted by Crippen LogP contribution is -2.23. The highest BCUT2D eigenvalue weighted by atomic mass is 19.1. The van der Waals surface area contributed by atoms with Crippen LogP contribution < -0.4 is 10.1 Å². The Kier molecular flexibility index (Phi) is 4.07. The molecule has 0 spiro atoms. The zero-order chi connectivity index (χ0) is 13.7. The SMILES string of the molecule is COc1ccc(F)cc1CNC(=O)c1ccncc1. The third-order valence-electron chi connectivity index (χ3n) is 2.62. The van der Waals surface area contributed by atoms with Gasteiger partial charge in [-0.3, -0.25) is 9.78 Å². The van der Waals surface area contributed by atoms with Crippen LogP contribution >= 0.6 is 0 Å². The lowest BCUT2D eigenvalue weighted by molar-refractivity contribution is 0.0950. The molecule has 2 aromatic rings. The first-order valence-corrected chi connectivity index (χ1v) is 5.71. The van der Waals surface area contributed by atoms with Crippen LogP contribution in [-0.2, 0) is 6.54 Å². The van der Waals surface area contributed by atoms with E-state index in [0.717, 1.165) is 0 Å². The van der Waals surface area contributed by atoms with Gasteiger partial charge >= 0.3 is 0 Å². The number of benzene rings is 1. The van der Waals surface area contributed by atoms with Crippen molar-refractivity contribution in [1.82, 2.24) is 10.3 Å². The molecule has 1 aromatic carbocycles. The largest absolute Gasteiger partial charge is 0.496 e. The van der Waals surface area contributed by atoms with Crippen LogP contribution in [0.2, 0.25) is 0 Å². The first kappa shape index (κ1) is 13.0. The molecule has 0 aliphatic heterocycles. The van der Waals surface area contributed by atoms with Gasteiger partial charge < -0.3 is 10.1 Å². The normalized spacial score (nSPS) is 10.0. The number of hydrogen-bond donors (Lipinski definition) is 1. The summed E-state index contributed by atoms with van der Waals surface area (Å²) >= 11 is 0. The van der Waals surface area contributed by atoms with Gasteiger partial charge in [-0.2, -0.15) is 0 Å². The predicted molar refractivity (Wildman–Crippen MR) is 68.4 cm³/mol. The molecule has 0 atom stereocenters. The van der Waals surface area contributed by atoms with Crippen LogP contribution in [0.3, 0.4) is 0 Å². The molecule has 0 saturated heterocycles. The van der Waals surface area contributed by atoms with Gasteiger partial charge in [-0.05, 0) is 30.3 Å². The van der Waals surface area contributed by atoms with Crippen molar-refractivity contribution in [3.05, 3.63) is 59.7 Å². The van der Waals surface area contributed by atoms with Crippen molar-refractivity contribution in [2.45, 2.75) is 6.54 Å². The first-order valence-electron chi connectivity index (χ1n) is 5.71. The van der Waals surface area contributed by atoms with Gasteiger partial charge in [0.05, 0.1) is 7.11 Å². The predicted octanol–water partition coefficient (Wildman–Crippen LogP) is 2.16. The molecule has 1 amide bonds. The van der Waals surface area contributed by atoms with E-state index in [0.29, 0.717) is 16.9 Å². The second-order valence-corrected chi connectivity index (χ2v) is 3.87. The maximum atomic E-state index is 13.2. The number of aromatic nitrogens is 1. The van der Waals surface area contributed by atoms with Crippen molar-refractivity contribution < 1.29 is 13.9 Å². The molecule has 0 saturated carbocycles. The van der Waals surface area contributed by atoms with E-state index >= 15 is 0 Å². The number of nitrogens with zero attached hydrogens (tertiary/aromatic N) is 1. The molecule has 5 heteroatoms. The van der Waals surface area contributed by atoms with Crippen molar-refractivity contribution in [2.24, 2.45) is 0 Å². The second-order valence-electron chi connectivity index (χ2n) is 3.87. The Morgan fingerprint density at radius 1 is 1.32 bits per heavy atom. The fourth-order valence-corrected chi connectivity index (χ4v) is 1.67. The van der Waals surface area contributed by atoms with Crippen LogP contribution in [0.5, 0.6) is 5.75 Å². The number of hydrogen-bond acceptors (Lipinski definition) is 3. The number of pyridine rings is 1. The van der Waals surface area contributed by atoms with Gasteiger partial charge in [0, 0.05) is 30.1 Å². The fourth-order valence-electron chi connectivity index (χ4n) is 1.67. The molecule has 0 aliphatic rings. The first-order chi connectivity index (χ1) is 9.20. The molecule has 2 rings (SSSR count). The number of methoxy groups -OCH3 is 1. The van der Waals surface area contributed by atoms with Gasteiger partial charge in [0.15, 0.2) is 0 Å². The van der Waals surface area contributed by atoms with Crippen molar-refractivity contribution in [3.8, 4) is 5.75 Å². The Labute approximate surface area is 110 Å². The molecular formula is C14H13FN2O2. The molecule has 0 radical (unpaired) electrons. The standard InChI is InChI=1S/C14H13FN2O2/c1-19-13-3-2-12(15)8-11(13)9-17-14(18)10-4-6-16-7-5-10/h2-8H,9H2,1H3,(H,17,18). The Morgan fingerprint density at radius 3 is 2.74 bits per heavy atom. The number of carbonyl (C=O) groups is 1. The Bertz CT molecular complexity index is 573. The van der Waals surface area contributed by atoms with Gasteiger partial charge in [0.1, 0.15) is 11.6 Å². The summed E-state index contributed by atoms with van der Waals surface area (Å²) in [6.45, 7) is 0.197.